The highest BCUT2D eigenvalue weighted by atomic mass is 35.5. The monoisotopic (exact) mass is 570 g/mol. The third-order valence-corrected chi connectivity index (χ3v) is 8.35. The van der Waals surface area contributed by atoms with Crippen LogP contribution in [0, 0.1) is 22.7 Å². The van der Waals surface area contributed by atoms with E-state index < -0.39 is 8.07 Å². The Morgan fingerprint density at radius 1 is 1.21 bits per heavy atom. The minimum absolute atomic E-state index is 0.00991. The van der Waals surface area contributed by atoms with Crippen molar-refractivity contribution in [3.63, 3.8) is 0 Å². The van der Waals surface area contributed by atoms with Gasteiger partial charge in [0.1, 0.15) is 30.3 Å². The molecule has 200 valence electrons. The van der Waals surface area contributed by atoms with E-state index in [-0.39, 0.29) is 35.0 Å². The van der Waals surface area contributed by atoms with Crippen LogP contribution in [0.2, 0.25) is 30.7 Å². The average Bonchev–Trinajstić information content (AvgIpc) is 3.21. The van der Waals surface area contributed by atoms with Crippen LogP contribution in [0.25, 0.3) is 22.3 Å². The van der Waals surface area contributed by atoms with Gasteiger partial charge in [-0.05, 0) is 32.0 Å². The molecule has 0 atom stereocenters. The third kappa shape index (κ3) is 7.26. The summed E-state index contributed by atoms with van der Waals surface area (Å²) in [7, 11) is 0.193. The van der Waals surface area contributed by atoms with Crippen molar-refractivity contribution in [1.82, 2.24) is 19.9 Å². The first-order valence-corrected chi connectivity index (χ1v) is 17.1. The number of rotatable bonds is 11. The number of amides is 1. The molecule has 0 radical (unpaired) electrons. The van der Waals surface area contributed by atoms with Gasteiger partial charge in [0, 0.05) is 32.5 Å². The van der Waals surface area contributed by atoms with Gasteiger partial charge >= 0.3 is 0 Å². The van der Waals surface area contributed by atoms with Crippen LogP contribution in [0.5, 0.6) is 5.75 Å². The number of methoxy groups -OCH3 is 1. The molecule has 3 rings (SSSR count). The molecule has 0 unspecified atom stereocenters. The first kappa shape index (κ1) is 29.5. The van der Waals surface area contributed by atoms with Crippen molar-refractivity contribution in [3.05, 3.63) is 34.5 Å². The summed E-state index contributed by atoms with van der Waals surface area (Å²) in [4.78, 5) is 21.7. The molecule has 0 saturated carbocycles. The lowest BCUT2D eigenvalue weighted by molar-refractivity contribution is -0.119. The summed E-state index contributed by atoms with van der Waals surface area (Å²) >= 11 is 7.79. The van der Waals surface area contributed by atoms with Crippen LogP contribution in [-0.4, -0.2) is 54.0 Å². The predicted molar refractivity (Wildman–Crippen MR) is 152 cm³/mol. The van der Waals surface area contributed by atoms with Gasteiger partial charge in [-0.3, -0.25) is 4.79 Å². The fourth-order valence-corrected chi connectivity index (χ4v) is 5.30. The lowest BCUT2D eigenvalue weighted by Crippen LogP contribution is -2.31. The summed E-state index contributed by atoms with van der Waals surface area (Å²) < 4.78 is 13.1. The van der Waals surface area contributed by atoms with Crippen molar-refractivity contribution in [2.24, 2.45) is 0 Å². The summed E-state index contributed by atoms with van der Waals surface area (Å²) in [5.74, 6) is 0.305. The topological polar surface area (TPSA) is 126 Å². The third-order valence-electron chi connectivity index (χ3n) is 5.49. The number of ether oxygens (including phenoxy) is 2. The molecule has 38 heavy (non-hydrogen) atoms. The zero-order chi connectivity index (χ0) is 28.0. The lowest BCUT2D eigenvalue weighted by atomic mass is 10.0. The molecule has 2 heterocycles. The Hall–Kier alpha value is -3.09. The first-order valence-electron chi connectivity index (χ1n) is 12.1. The summed E-state index contributed by atoms with van der Waals surface area (Å²) in [6.45, 7) is 11.4. The molecule has 0 aliphatic heterocycles. The first-order chi connectivity index (χ1) is 18.0. The number of carbonyl (C=O) groups is 1. The maximum Gasteiger partial charge on any atom is 0.230 e. The van der Waals surface area contributed by atoms with Gasteiger partial charge in [-0.2, -0.15) is 10.5 Å². The van der Waals surface area contributed by atoms with E-state index in [0.717, 1.165) is 6.04 Å². The number of halogens is 1. The van der Waals surface area contributed by atoms with E-state index in [9.17, 15) is 15.3 Å². The van der Waals surface area contributed by atoms with Crippen LogP contribution < -0.4 is 10.1 Å². The molecular formula is C26H31ClN6O3SSi. The van der Waals surface area contributed by atoms with Crippen LogP contribution in [-0.2, 0) is 16.3 Å². The smallest absolute Gasteiger partial charge is 0.230 e. The number of benzene rings is 1. The van der Waals surface area contributed by atoms with Gasteiger partial charge in [0.15, 0.2) is 5.16 Å². The second-order valence-corrected chi connectivity index (χ2v) is 17.2. The fraction of sp³-hybridized carbons (Fsp3) is 0.423. The van der Waals surface area contributed by atoms with E-state index in [1.165, 1.54) is 24.9 Å². The number of aromatic nitrogens is 3. The zero-order valence-corrected chi connectivity index (χ0v) is 25.0. The molecule has 2 aromatic heterocycles. The maximum absolute atomic E-state index is 12.3. The number of nitriles is 2. The van der Waals surface area contributed by atoms with E-state index in [1.54, 1.807) is 16.8 Å². The molecule has 1 aromatic carbocycles. The highest BCUT2D eigenvalue weighted by molar-refractivity contribution is 7.99. The van der Waals surface area contributed by atoms with Gasteiger partial charge in [-0.25, -0.2) is 9.97 Å². The Morgan fingerprint density at radius 3 is 2.53 bits per heavy atom. The van der Waals surface area contributed by atoms with Crippen LogP contribution in [0.15, 0.2) is 23.5 Å². The van der Waals surface area contributed by atoms with Crippen molar-refractivity contribution in [2.75, 3.05) is 19.5 Å². The number of nitrogens with zero attached hydrogens (tertiary/aromatic N) is 5. The highest BCUT2D eigenvalue weighted by Crippen LogP contribution is 2.39. The van der Waals surface area contributed by atoms with Gasteiger partial charge in [0.25, 0.3) is 0 Å². The van der Waals surface area contributed by atoms with Crippen LogP contribution in [0.1, 0.15) is 25.0 Å². The van der Waals surface area contributed by atoms with E-state index in [1.807, 2.05) is 13.8 Å². The minimum atomic E-state index is -1.27. The number of hydrogen-bond acceptors (Lipinski definition) is 8. The van der Waals surface area contributed by atoms with Crippen LogP contribution >= 0.6 is 23.4 Å². The Labute approximate surface area is 233 Å². The predicted octanol–water partition coefficient (Wildman–Crippen LogP) is 5.43. The quantitative estimate of drug-likeness (QED) is 0.140. The Balaban J connectivity index is 2.14. The Bertz CT molecular complexity index is 1420. The number of carbonyl (C=O) groups excluding carboxylic acids is 1. The van der Waals surface area contributed by atoms with E-state index >= 15 is 0 Å². The Kier molecular flexibility index (Phi) is 9.80. The summed E-state index contributed by atoms with van der Waals surface area (Å²) in [5.41, 5.74) is 2.02. The molecule has 9 nitrogen and oxygen atoms in total. The average molecular weight is 571 g/mol. The molecule has 1 amide bonds. The summed E-state index contributed by atoms with van der Waals surface area (Å²) in [6.07, 6.45) is 1.69. The van der Waals surface area contributed by atoms with Gasteiger partial charge in [-0.15, -0.1) is 0 Å². The minimum Gasteiger partial charge on any atom is -0.495 e. The second kappa shape index (κ2) is 12.6. The van der Waals surface area contributed by atoms with Crippen LogP contribution in [0.3, 0.4) is 0 Å². The molecule has 0 aliphatic carbocycles. The number of thioether (sulfide) groups is 1. The number of nitrogens with one attached hydrogen (secondary N) is 1. The van der Waals surface area contributed by atoms with E-state index in [2.05, 4.69) is 37.1 Å². The SMILES string of the molecule is COc1cc(-c2nc(SCC(=O)NC(C)C)nc3c2c(C#N)cn3COCC[Si](C)(C)C)c(Cl)cc1C#N. The standard InChI is InChI=1S/C26H31ClN6O3SSi/c1-16(2)30-22(34)14-37-26-31-24(19-10-21(35-3)17(11-28)9-20(19)27)23-18(12-29)13-33(25(23)32-26)15-36-7-8-38(4,5)6/h9-10,13,16H,7-8,14-15H2,1-6H3,(H,30,34). The van der Waals surface area contributed by atoms with Crippen LogP contribution in [0.4, 0.5) is 0 Å². The fourth-order valence-electron chi connectivity index (χ4n) is 3.64. The number of fused-ring (bicyclic) bond motifs is 1. The van der Waals surface area contributed by atoms with E-state index in [4.69, 9.17) is 31.0 Å². The summed E-state index contributed by atoms with van der Waals surface area (Å²) in [6, 6.07) is 8.45. The molecule has 0 saturated heterocycles. The van der Waals surface area contributed by atoms with Crippen molar-refractivity contribution < 1.29 is 14.3 Å². The maximum atomic E-state index is 12.3. The Morgan fingerprint density at radius 2 is 1.92 bits per heavy atom. The van der Waals surface area contributed by atoms with Crippen molar-refractivity contribution >= 4 is 48.4 Å². The van der Waals surface area contributed by atoms with Gasteiger partial charge in [0.2, 0.25) is 5.91 Å². The molecule has 1 N–H and O–H groups in total. The highest BCUT2D eigenvalue weighted by Gasteiger charge is 2.22. The molecule has 0 bridgehead atoms. The van der Waals surface area contributed by atoms with Crippen molar-refractivity contribution in [3.8, 4) is 29.1 Å². The van der Waals surface area contributed by atoms with Gasteiger partial charge < -0.3 is 19.4 Å². The summed E-state index contributed by atoms with van der Waals surface area (Å²) in [5, 5.41) is 23.4. The molecular weight excluding hydrogens is 540 g/mol. The molecule has 0 fully saturated rings. The zero-order valence-electron chi connectivity index (χ0n) is 22.4. The number of hydrogen-bond donors (Lipinski definition) is 1. The molecule has 0 aliphatic rings. The van der Waals surface area contributed by atoms with Crippen molar-refractivity contribution in [1.29, 1.82) is 10.5 Å². The van der Waals surface area contributed by atoms with E-state index in [0.29, 0.717) is 45.4 Å². The second-order valence-electron chi connectivity index (χ2n) is 10.2. The normalized spacial score (nSPS) is 11.4. The van der Waals surface area contributed by atoms with Gasteiger partial charge in [0.05, 0.1) is 40.1 Å². The van der Waals surface area contributed by atoms with Crippen molar-refractivity contribution in [2.45, 2.75) is 57.5 Å². The lowest BCUT2D eigenvalue weighted by Gasteiger charge is -2.16. The van der Waals surface area contributed by atoms with Gasteiger partial charge in [-0.1, -0.05) is 43.0 Å². The molecule has 3 aromatic rings. The largest absolute Gasteiger partial charge is 0.495 e. The molecule has 12 heteroatoms. The molecule has 0 spiro atoms.